The number of hydrogen-bond acceptors (Lipinski definition) is 2. The lowest BCUT2D eigenvalue weighted by Crippen LogP contribution is -2.44. The van der Waals surface area contributed by atoms with Gasteiger partial charge in [0.1, 0.15) is 11.6 Å². The molecule has 2 aliphatic heterocycles. The molecule has 0 aromatic heterocycles. The van der Waals surface area contributed by atoms with Gasteiger partial charge in [0.15, 0.2) is 0 Å². The fourth-order valence-corrected chi connectivity index (χ4v) is 3.41. The Morgan fingerprint density at radius 1 is 1.24 bits per heavy atom. The van der Waals surface area contributed by atoms with Crippen molar-refractivity contribution >= 4 is 5.91 Å². The summed E-state index contributed by atoms with van der Waals surface area (Å²) in [6.45, 7) is 3.53. The average Bonchev–Trinajstić information content (AvgIpc) is 2.92. The van der Waals surface area contributed by atoms with E-state index >= 15 is 0 Å². The van der Waals surface area contributed by atoms with Gasteiger partial charge in [0, 0.05) is 25.2 Å². The lowest BCUT2D eigenvalue weighted by atomic mass is 9.78. The first-order valence-corrected chi connectivity index (χ1v) is 7.50. The molecule has 0 atom stereocenters. The van der Waals surface area contributed by atoms with Crippen molar-refractivity contribution in [2.75, 3.05) is 26.2 Å². The average molecular weight is 294 g/mol. The molecule has 1 aromatic carbocycles. The van der Waals surface area contributed by atoms with Crippen molar-refractivity contribution in [2.45, 2.75) is 25.7 Å². The highest BCUT2D eigenvalue weighted by Crippen LogP contribution is 2.37. The van der Waals surface area contributed by atoms with Crippen LogP contribution in [-0.2, 0) is 11.2 Å². The fraction of sp³-hybridized carbons (Fsp3) is 0.562. The fourth-order valence-electron chi connectivity index (χ4n) is 3.41. The molecule has 0 bridgehead atoms. The Morgan fingerprint density at radius 3 is 2.67 bits per heavy atom. The van der Waals surface area contributed by atoms with E-state index in [0.29, 0.717) is 5.41 Å². The molecule has 1 spiro atoms. The number of nitrogens with zero attached hydrogens (tertiary/aromatic N) is 1. The zero-order chi connectivity index (χ0) is 14.9. The van der Waals surface area contributed by atoms with Gasteiger partial charge in [-0.05, 0) is 49.4 Å². The van der Waals surface area contributed by atoms with Crippen LogP contribution in [0.15, 0.2) is 18.2 Å². The maximum absolute atomic E-state index is 13.6. The summed E-state index contributed by atoms with van der Waals surface area (Å²) in [5.41, 5.74) is 0.490. The predicted molar refractivity (Wildman–Crippen MR) is 75.8 cm³/mol. The molecule has 3 rings (SSSR count). The van der Waals surface area contributed by atoms with Crippen LogP contribution in [-0.4, -0.2) is 37.0 Å². The summed E-state index contributed by atoms with van der Waals surface area (Å²) in [6.07, 6.45) is 3.11. The standard InChI is InChI=1S/C16H20F2N2O/c17-13-1-2-14(18)12(9-13)10-15(21)20-7-4-16(5-8-20)3-6-19-11-16/h1-2,9,19H,3-8,10-11H2. The van der Waals surface area contributed by atoms with Crippen LogP contribution >= 0.6 is 0 Å². The highest BCUT2D eigenvalue weighted by atomic mass is 19.1. The monoisotopic (exact) mass is 294 g/mol. The molecular weight excluding hydrogens is 274 g/mol. The summed E-state index contributed by atoms with van der Waals surface area (Å²) in [5.74, 6) is -1.13. The van der Waals surface area contributed by atoms with Crippen molar-refractivity contribution in [2.24, 2.45) is 5.41 Å². The van der Waals surface area contributed by atoms with E-state index in [1.165, 1.54) is 6.42 Å². The lowest BCUT2D eigenvalue weighted by molar-refractivity contribution is -0.132. The van der Waals surface area contributed by atoms with Crippen LogP contribution in [0.1, 0.15) is 24.8 Å². The zero-order valence-corrected chi connectivity index (χ0v) is 12.0. The van der Waals surface area contributed by atoms with E-state index in [9.17, 15) is 13.6 Å². The van der Waals surface area contributed by atoms with E-state index in [2.05, 4.69) is 5.32 Å². The molecule has 1 N–H and O–H groups in total. The van der Waals surface area contributed by atoms with E-state index in [1.54, 1.807) is 4.90 Å². The van der Waals surface area contributed by atoms with Crippen molar-refractivity contribution in [3.05, 3.63) is 35.4 Å². The second-order valence-corrected chi connectivity index (χ2v) is 6.22. The van der Waals surface area contributed by atoms with Gasteiger partial charge >= 0.3 is 0 Å². The molecule has 2 fully saturated rings. The van der Waals surface area contributed by atoms with Crippen molar-refractivity contribution in [3.8, 4) is 0 Å². The van der Waals surface area contributed by atoms with Gasteiger partial charge in [-0.1, -0.05) is 0 Å². The van der Waals surface area contributed by atoms with E-state index in [0.717, 1.165) is 57.2 Å². The predicted octanol–water partition coefficient (Wildman–Crippen LogP) is 2.11. The summed E-state index contributed by atoms with van der Waals surface area (Å²) < 4.78 is 26.7. The van der Waals surface area contributed by atoms with Crippen molar-refractivity contribution in [3.63, 3.8) is 0 Å². The molecule has 1 amide bonds. The smallest absolute Gasteiger partial charge is 0.227 e. The van der Waals surface area contributed by atoms with Crippen LogP contribution in [0.3, 0.4) is 0 Å². The van der Waals surface area contributed by atoms with Crippen LogP contribution < -0.4 is 5.32 Å². The van der Waals surface area contributed by atoms with Crippen LogP contribution in [0.5, 0.6) is 0 Å². The summed E-state index contributed by atoms with van der Waals surface area (Å²) in [7, 11) is 0. The molecule has 0 saturated carbocycles. The van der Waals surface area contributed by atoms with E-state index in [-0.39, 0.29) is 17.9 Å². The van der Waals surface area contributed by atoms with Crippen LogP contribution in [0.2, 0.25) is 0 Å². The third-order valence-corrected chi connectivity index (χ3v) is 4.86. The third-order valence-electron chi connectivity index (χ3n) is 4.86. The normalized spacial score (nSPS) is 21.0. The van der Waals surface area contributed by atoms with Crippen molar-refractivity contribution in [1.29, 1.82) is 0 Å². The van der Waals surface area contributed by atoms with E-state index in [4.69, 9.17) is 0 Å². The number of amides is 1. The molecule has 2 saturated heterocycles. The molecule has 21 heavy (non-hydrogen) atoms. The Morgan fingerprint density at radius 2 is 2.00 bits per heavy atom. The number of benzene rings is 1. The Kier molecular flexibility index (Phi) is 3.93. The number of carbonyl (C=O) groups is 1. The third kappa shape index (κ3) is 3.07. The van der Waals surface area contributed by atoms with Crippen molar-refractivity contribution < 1.29 is 13.6 Å². The van der Waals surface area contributed by atoms with Gasteiger partial charge in [-0.25, -0.2) is 8.78 Å². The molecule has 5 heteroatoms. The number of rotatable bonds is 2. The number of nitrogens with one attached hydrogen (secondary N) is 1. The van der Waals surface area contributed by atoms with Gasteiger partial charge < -0.3 is 10.2 Å². The summed E-state index contributed by atoms with van der Waals surface area (Å²) >= 11 is 0. The lowest BCUT2D eigenvalue weighted by Gasteiger charge is -2.39. The quantitative estimate of drug-likeness (QED) is 0.906. The first-order chi connectivity index (χ1) is 10.1. The van der Waals surface area contributed by atoms with Gasteiger partial charge in [-0.3, -0.25) is 4.79 Å². The number of likely N-dealkylation sites (tertiary alicyclic amines) is 1. The Labute approximate surface area is 123 Å². The van der Waals surface area contributed by atoms with Crippen LogP contribution in [0.25, 0.3) is 0 Å². The molecule has 114 valence electrons. The van der Waals surface area contributed by atoms with E-state index < -0.39 is 11.6 Å². The maximum Gasteiger partial charge on any atom is 0.227 e. The van der Waals surface area contributed by atoms with Crippen LogP contribution in [0.4, 0.5) is 8.78 Å². The topological polar surface area (TPSA) is 32.3 Å². The highest BCUT2D eigenvalue weighted by Gasteiger charge is 2.37. The summed E-state index contributed by atoms with van der Waals surface area (Å²) in [5, 5.41) is 3.39. The molecule has 0 unspecified atom stereocenters. The first-order valence-electron chi connectivity index (χ1n) is 7.50. The molecule has 3 nitrogen and oxygen atoms in total. The number of piperidine rings is 1. The van der Waals surface area contributed by atoms with Gasteiger partial charge in [-0.15, -0.1) is 0 Å². The Hall–Kier alpha value is -1.49. The number of hydrogen-bond donors (Lipinski definition) is 1. The minimum atomic E-state index is -0.516. The molecule has 1 aromatic rings. The molecular formula is C16H20F2N2O. The highest BCUT2D eigenvalue weighted by molar-refractivity contribution is 5.79. The zero-order valence-electron chi connectivity index (χ0n) is 12.0. The summed E-state index contributed by atoms with van der Waals surface area (Å²) in [4.78, 5) is 14.0. The molecule has 0 radical (unpaired) electrons. The van der Waals surface area contributed by atoms with Crippen LogP contribution in [0, 0.1) is 17.0 Å². The van der Waals surface area contributed by atoms with Crippen molar-refractivity contribution in [1.82, 2.24) is 10.2 Å². The number of halogens is 2. The Balaban J connectivity index is 1.60. The second-order valence-electron chi connectivity index (χ2n) is 6.22. The van der Waals surface area contributed by atoms with Gasteiger partial charge in [-0.2, -0.15) is 0 Å². The summed E-state index contributed by atoms with van der Waals surface area (Å²) in [6, 6.07) is 3.26. The van der Waals surface area contributed by atoms with Gasteiger partial charge in [0.25, 0.3) is 0 Å². The number of carbonyl (C=O) groups excluding carboxylic acids is 1. The SMILES string of the molecule is O=C(Cc1cc(F)ccc1F)N1CCC2(CCNC2)CC1. The second kappa shape index (κ2) is 5.72. The molecule has 0 aliphatic carbocycles. The van der Waals surface area contributed by atoms with E-state index in [1.807, 2.05) is 0 Å². The Bertz CT molecular complexity index is 531. The minimum Gasteiger partial charge on any atom is -0.342 e. The first kappa shape index (κ1) is 14.4. The van der Waals surface area contributed by atoms with Gasteiger partial charge in [0.05, 0.1) is 6.42 Å². The molecule has 2 heterocycles. The minimum absolute atomic E-state index is 0.0607. The maximum atomic E-state index is 13.6. The largest absolute Gasteiger partial charge is 0.342 e. The van der Waals surface area contributed by atoms with Gasteiger partial charge in [0.2, 0.25) is 5.91 Å². The molecule has 2 aliphatic rings.